The molecule has 0 saturated heterocycles. The Morgan fingerprint density at radius 1 is 0.857 bits per heavy atom. The molecule has 3 aromatic rings. The Labute approximate surface area is 166 Å². The maximum atomic E-state index is 11.3. The lowest BCUT2D eigenvalue weighted by atomic mass is 10.0. The molecule has 1 atom stereocenters. The van der Waals surface area contributed by atoms with E-state index in [2.05, 4.69) is 31.3 Å². The first-order chi connectivity index (χ1) is 13.4. The summed E-state index contributed by atoms with van der Waals surface area (Å²) in [7, 11) is 0. The van der Waals surface area contributed by atoms with Gasteiger partial charge < -0.3 is 14.8 Å². The van der Waals surface area contributed by atoms with E-state index in [1.807, 2.05) is 55.5 Å². The zero-order valence-corrected chi connectivity index (χ0v) is 16.9. The van der Waals surface area contributed by atoms with Gasteiger partial charge in [0.25, 0.3) is 0 Å². The quantitative estimate of drug-likeness (QED) is 0.561. The highest BCUT2D eigenvalue weighted by atomic mass is 16.5. The fourth-order valence-electron chi connectivity index (χ4n) is 2.97. The van der Waals surface area contributed by atoms with Crippen molar-refractivity contribution in [2.45, 2.75) is 33.7 Å². The largest absolute Gasteiger partial charge is 0.493 e. The Morgan fingerprint density at radius 2 is 1.46 bits per heavy atom. The second-order valence-electron chi connectivity index (χ2n) is 7.47. The van der Waals surface area contributed by atoms with Crippen LogP contribution in [0.4, 0.5) is 0 Å². The minimum absolute atomic E-state index is 0.0192. The van der Waals surface area contributed by atoms with E-state index in [-0.39, 0.29) is 11.9 Å². The Bertz CT molecular complexity index is 948. The van der Waals surface area contributed by atoms with Crippen molar-refractivity contribution in [3.05, 3.63) is 66.2 Å². The highest BCUT2D eigenvalue weighted by molar-refractivity contribution is 5.85. The topological polar surface area (TPSA) is 47.6 Å². The molecule has 146 valence electrons. The van der Waals surface area contributed by atoms with Crippen LogP contribution in [0.3, 0.4) is 0 Å². The zero-order valence-electron chi connectivity index (χ0n) is 16.9. The maximum absolute atomic E-state index is 11.3. The number of amides is 1. The Balaban J connectivity index is 1.71. The summed E-state index contributed by atoms with van der Waals surface area (Å²) in [5, 5.41) is 5.12. The second kappa shape index (κ2) is 8.79. The van der Waals surface area contributed by atoms with Gasteiger partial charge in [0.15, 0.2) is 0 Å². The second-order valence-corrected chi connectivity index (χ2v) is 7.47. The first-order valence-electron chi connectivity index (χ1n) is 9.62. The van der Waals surface area contributed by atoms with Crippen LogP contribution < -0.4 is 14.8 Å². The molecule has 4 heteroatoms. The van der Waals surface area contributed by atoms with Gasteiger partial charge in [-0.15, -0.1) is 0 Å². The molecule has 3 aromatic carbocycles. The molecular formula is C24H27NO3. The smallest absolute Gasteiger partial charge is 0.217 e. The van der Waals surface area contributed by atoms with Crippen LogP contribution in [0.1, 0.15) is 39.3 Å². The molecule has 0 aliphatic carbocycles. The Kier molecular flexibility index (Phi) is 6.19. The molecule has 1 amide bonds. The van der Waals surface area contributed by atoms with Crippen LogP contribution >= 0.6 is 0 Å². The molecule has 0 heterocycles. The van der Waals surface area contributed by atoms with Gasteiger partial charge in [0.2, 0.25) is 5.91 Å². The lowest BCUT2D eigenvalue weighted by Crippen LogP contribution is -2.23. The SMILES string of the molecule is CC(=O)NC(C)c1ccc2cc(Oc3ccc(OCC(C)C)cc3)ccc2c1. The van der Waals surface area contributed by atoms with E-state index in [4.69, 9.17) is 9.47 Å². The molecule has 1 N–H and O–H groups in total. The van der Waals surface area contributed by atoms with Crippen LogP contribution in [0, 0.1) is 5.92 Å². The zero-order chi connectivity index (χ0) is 20.1. The number of hydrogen-bond donors (Lipinski definition) is 1. The van der Waals surface area contributed by atoms with Gasteiger partial charge in [-0.05, 0) is 71.6 Å². The lowest BCUT2D eigenvalue weighted by molar-refractivity contribution is -0.119. The molecule has 0 saturated carbocycles. The van der Waals surface area contributed by atoms with Crippen molar-refractivity contribution in [1.82, 2.24) is 5.32 Å². The Hall–Kier alpha value is -3.01. The third-order valence-electron chi connectivity index (χ3n) is 4.40. The van der Waals surface area contributed by atoms with E-state index in [0.717, 1.165) is 33.6 Å². The molecule has 0 radical (unpaired) electrons. The maximum Gasteiger partial charge on any atom is 0.217 e. The van der Waals surface area contributed by atoms with Gasteiger partial charge in [-0.25, -0.2) is 0 Å². The molecule has 28 heavy (non-hydrogen) atoms. The van der Waals surface area contributed by atoms with Crippen molar-refractivity contribution in [3.8, 4) is 17.2 Å². The number of ether oxygens (including phenoxy) is 2. The van der Waals surface area contributed by atoms with E-state index in [1.54, 1.807) is 0 Å². The van der Waals surface area contributed by atoms with Crippen molar-refractivity contribution < 1.29 is 14.3 Å². The van der Waals surface area contributed by atoms with Crippen LogP contribution in [0.15, 0.2) is 60.7 Å². The van der Waals surface area contributed by atoms with E-state index in [1.165, 1.54) is 6.92 Å². The number of fused-ring (bicyclic) bond motifs is 1. The first-order valence-corrected chi connectivity index (χ1v) is 9.62. The number of benzene rings is 3. The van der Waals surface area contributed by atoms with Gasteiger partial charge in [-0.2, -0.15) is 0 Å². The number of nitrogens with one attached hydrogen (secondary N) is 1. The normalized spacial score (nSPS) is 12.0. The average Bonchev–Trinajstić information content (AvgIpc) is 2.66. The first kappa shape index (κ1) is 19.7. The average molecular weight is 377 g/mol. The third kappa shape index (κ3) is 5.26. The van der Waals surface area contributed by atoms with Crippen molar-refractivity contribution in [3.63, 3.8) is 0 Å². The molecule has 0 fully saturated rings. The van der Waals surface area contributed by atoms with E-state index >= 15 is 0 Å². The summed E-state index contributed by atoms with van der Waals surface area (Å²) in [6, 6.07) is 19.9. The van der Waals surface area contributed by atoms with Gasteiger partial charge in [0.05, 0.1) is 12.6 Å². The molecule has 0 aromatic heterocycles. The van der Waals surface area contributed by atoms with E-state index in [0.29, 0.717) is 12.5 Å². The fourth-order valence-corrected chi connectivity index (χ4v) is 2.97. The summed E-state index contributed by atoms with van der Waals surface area (Å²) in [5.41, 5.74) is 1.08. The minimum Gasteiger partial charge on any atom is -0.493 e. The van der Waals surface area contributed by atoms with Crippen LogP contribution in [0.2, 0.25) is 0 Å². The number of rotatable bonds is 7. The number of hydrogen-bond acceptors (Lipinski definition) is 3. The number of carbonyl (C=O) groups excluding carboxylic acids is 1. The van der Waals surface area contributed by atoms with Crippen LogP contribution in [0.5, 0.6) is 17.2 Å². The van der Waals surface area contributed by atoms with Gasteiger partial charge in [0, 0.05) is 6.92 Å². The lowest BCUT2D eigenvalue weighted by Gasteiger charge is -2.14. The summed E-state index contributed by atoms with van der Waals surface area (Å²) >= 11 is 0. The standard InChI is InChI=1S/C24H27NO3/c1-16(2)15-27-22-9-11-23(12-10-22)28-24-8-7-20-13-19(5-6-21(20)14-24)17(3)25-18(4)26/h5-14,16-17H,15H2,1-4H3,(H,25,26). The fraction of sp³-hybridized carbons (Fsp3) is 0.292. The molecular weight excluding hydrogens is 350 g/mol. The summed E-state index contributed by atoms with van der Waals surface area (Å²) in [6.45, 7) is 8.47. The predicted molar refractivity (Wildman–Crippen MR) is 113 cm³/mol. The van der Waals surface area contributed by atoms with Crippen LogP contribution in [-0.2, 0) is 4.79 Å². The third-order valence-corrected chi connectivity index (χ3v) is 4.40. The molecule has 0 spiro atoms. The molecule has 1 unspecified atom stereocenters. The van der Waals surface area contributed by atoms with Gasteiger partial charge >= 0.3 is 0 Å². The van der Waals surface area contributed by atoms with E-state index < -0.39 is 0 Å². The van der Waals surface area contributed by atoms with Crippen molar-refractivity contribution in [2.24, 2.45) is 5.92 Å². The monoisotopic (exact) mass is 377 g/mol. The Morgan fingerprint density at radius 3 is 2.14 bits per heavy atom. The van der Waals surface area contributed by atoms with Crippen LogP contribution in [0.25, 0.3) is 10.8 Å². The molecule has 0 aliphatic heterocycles. The summed E-state index contributed by atoms with van der Waals surface area (Å²) in [4.78, 5) is 11.3. The van der Waals surface area contributed by atoms with Crippen molar-refractivity contribution in [2.75, 3.05) is 6.61 Å². The summed E-state index contributed by atoms with van der Waals surface area (Å²) < 4.78 is 11.7. The van der Waals surface area contributed by atoms with Gasteiger partial charge in [0.1, 0.15) is 17.2 Å². The van der Waals surface area contributed by atoms with Gasteiger partial charge in [-0.1, -0.05) is 32.0 Å². The summed E-state index contributed by atoms with van der Waals surface area (Å²) in [5.74, 6) is 2.87. The summed E-state index contributed by atoms with van der Waals surface area (Å²) in [6.07, 6.45) is 0. The minimum atomic E-state index is -0.0306. The van der Waals surface area contributed by atoms with Crippen molar-refractivity contribution >= 4 is 16.7 Å². The highest BCUT2D eigenvalue weighted by Crippen LogP contribution is 2.28. The molecule has 3 rings (SSSR count). The molecule has 4 nitrogen and oxygen atoms in total. The molecule has 0 bridgehead atoms. The number of carbonyl (C=O) groups is 1. The van der Waals surface area contributed by atoms with Gasteiger partial charge in [-0.3, -0.25) is 4.79 Å². The van der Waals surface area contributed by atoms with Crippen LogP contribution in [-0.4, -0.2) is 12.5 Å². The molecule has 0 aliphatic rings. The van der Waals surface area contributed by atoms with Crippen molar-refractivity contribution in [1.29, 1.82) is 0 Å². The highest BCUT2D eigenvalue weighted by Gasteiger charge is 2.08. The van der Waals surface area contributed by atoms with E-state index in [9.17, 15) is 4.79 Å². The predicted octanol–water partition coefficient (Wildman–Crippen LogP) is 5.86.